The summed E-state index contributed by atoms with van der Waals surface area (Å²) >= 11 is 0. The van der Waals surface area contributed by atoms with Gasteiger partial charge in [-0.1, -0.05) is 24.0 Å². The number of aliphatic hydroxyl groups is 2. The zero-order valence-corrected chi connectivity index (χ0v) is 16.4. The quantitative estimate of drug-likeness (QED) is 0.786. The zero-order chi connectivity index (χ0) is 19.8. The molecular weight excluding hydrogens is 352 g/mol. The predicted molar refractivity (Wildman–Crippen MR) is 107 cm³/mol. The van der Waals surface area contributed by atoms with Crippen LogP contribution in [0.4, 0.5) is 0 Å². The molecule has 0 saturated carbocycles. The molecule has 4 heteroatoms. The molecule has 2 aliphatic rings. The SMILES string of the molecule is COc1ccc2c(c1)CCC[C@@]2(O)C#C[C@]1(O)CCCc2cc(OC)ccc21. The second-order valence-electron chi connectivity index (χ2n) is 7.72. The summed E-state index contributed by atoms with van der Waals surface area (Å²) < 4.78 is 10.6. The number of ether oxygens (including phenoxy) is 2. The van der Waals surface area contributed by atoms with Crippen molar-refractivity contribution < 1.29 is 19.7 Å². The summed E-state index contributed by atoms with van der Waals surface area (Å²) in [4.78, 5) is 0. The lowest BCUT2D eigenvalue weighted by atomic mass is 9.76. The Balaban J connectivity index is 1.72. The zero-order valence-electron chi connectivity index (χ0n) is 16.4. The molecule has 28 heavy (non-hydrogen) atoms. The van der Waals surface area contributed by atoms with Gasteiger partial charge in [0.1, 0.15) is 11.5 Å². The molecule has 0 heterocycles. The minimum absolute atomic E-state index is 0.560. The molecule has 4 rings (SSSR count). The van der Waals surface area contributed by atoms with Crippen molar-refractivity contribution in [2.45, 2.75) is 49.7 Å². The summed E-state index contributed by atoms with van der Waals surface area (Å²) in [6.07, 6.45) is 4.59. The summed E-state index contributed by atoms with van der Waals surface area (Å²) in [6, 6.07) is 11.4. The van der Waals surface area contributed by atoms with E-state index in [0.29, 0.717) is 12.8 Å². The monoisotopic (exact) mass is 378 g/mol. The van der Waals surface area contributed by atoms with Gasteiger partial charge >= 0.3 is 0 Å². The largest absolute Gasteiger partial charge is 0.497 e. The Morgan fingerprint density at radius 3 is 1.57 bits per heavy atom. The van der Waals surface area contributed by atoms with Crippen molar-refractivity contribution in [3.63, 3.8) is 0 Å². The van der Waals surface area contributed by atoms with Gasteiger partial charge in [-0.05, 0) is 85.0 Å². The van der Waals surface area contributed by atoms with E-state index in [0.717, 1.165) is 59.4 Å². The fourth-order valence-corrected chi connectivity index (χ4v) is 4.42. The molecule has 2 N–H and O–H groups in total. The van der Waals surface area contributed by atoms with E-state index in [1.54, 1.807) is 14.2 Å². The van der Waals surface area contributed by atoms with Crippen LogP contribution < -0.4 is 9.47 Å². The molecule has 2 aliphatic carbocycles. The number of methoxy groups -OCH3 is 2. The van der Waals surface area contributed by atoms with Crippen LogP contribution in [0.3, 0.4) is 0 Å². The molecule has 2 atom stereocenters. The van der Waals surface area contributed by atoms with Gasteiger partial charge in [-0.15, -0.1) is 0 Å². The first kappa shape index (κ1) is 18.9. The van der Waals surface area contributed by atoms with Crippen LogP contribution >= 0.6 is 0 Å². The molecule has 2 aromatic carbocycles. The average molecular weight is 378 g/mol. The number of aryl methyl sites for hydroxylation is 2. The second-order valence-corrected chi connectivity index (χ2v) is 7.72. The third-order valence-electron chi connectivity index (χ3n) is 5.96. The molecule has 0 aliphatic heterocycles. The summed E-state index contributed by atoms with van der Waals surface area (Å²) in [5, 5.41) is 22.6. The van der Waals surface area contributed by atoms with Crippen LogP contribution in [0.2, 0.25) is 0 Å². The molecule has 2 aromatic rings. The van der Waals surface area contributed by atoms with Crippen LogP contribution in [0.15, 0.2) is 36.4 Å². The number of rotatable bonds is 2. The normalized spacial score (nSPS) is 25.7. The van der Waals surface area contributed by atoms with Gasteiger partial charge in [0.2, 0.25) is 0 Å². The molecule has 0 spiro atoms. The molecule has 0 saturated heterocycles. The molecule has 0 amide bonds. The minimum Gasteiger partial charge on any atom is -0.497 e. The van der Waals surface area contributed by atoms with E-state index in [2.05, 4.69) is 11.8 Å². The average Bonchev–Trinajstić information content (AvgIpc) is 2.72. The Bertz CT molecular complexity index is 879. The van der Waals surface area contributed by atoms with E-state index in [-0.39, 0.29) is 0 Å². The maximum atomic E-state index is 11.3. The van der Waals surface area contributed by atoms with Gasteiger partial charge in [0.05, 0.1) is 14.2 Å². The van der Waals surface area contributed by atoms with Crippen LogP contribution in [-0.4, -0.2) is 24.4 Å². The fourth-order valence-electron chi connectivity index (χ4n) is 4.42. The highest BCUT2D eigenvalue weighted by atomic mass is 16.5. The first-order valence-corrected chi connectivity index (χ1v) is 9.81. The maximum Gasteiger partial charge on any atom is 0.151 e. The van der Waals surface area contributed by atoms with Crippen molar-refractivity contribution in [2.75, 3.05) is 14.2 Å². The van der Waals surface area contributed by atoms with E-state index < -0.39 is 11.2 Å². The van der Waals surface area contributed by atoms with Crippen molar-refractivity contribution >= 4 is 0 Å². The highest BCUT2D eigenvalue weighted by Gasteiger charge is 2.36. The van der Waals surface area contributed by atoms with Gasteiger partial charge in [-0.2, -0.15) is 0 Å². The van der Waals surface area contributed by atoms with Gasteiger partial charge in [-0.3, -0.25) is 0 Å². The van der Waals surface area contributed by atoms with Gasteiger partial charge in [0.25, 0.3) is 0 Å². The smallest absolute Gasteiger partial charge is 0.151 e. The van der Waals surface area contributed by atoms with Crippen LogP contribution in [0.5, 0.6) is 11.5 Å². The minimum atomic E-state index is -1.25. The Morgan fingerprint density at radius 2 is 1.18 bits per heavy atom. The molecule has 4 nitrogen and oxygen atoms in total. The van der Waals surface area contributed by atoms with E-state index in [1.807, 2.05) is 36.4 Å². The topological polar surface area (TPSA) is 58.9 Å². The van der Waals surface area contributed by atoms with Crippen LogP contribution in [0, 0.1) is 11.8 Å². The van der Waals surface area contributed by atoms with E-state index in [4.69, 9.17) is 9.47 Å². The van der Waals surface area contributed by atoms with Gasteiger partial charge in [-0.25, -0.2) is 0 Å². The lowest BCUT2D eigenvalue weighted by Crippen LogP contribution is -2.32. The third kappa shape index (κ3) is 3.26. The number of benzene rings is 2. The van der Waals surface area contributed by atoms with E-state index in [9.17, 15) is 10.2 Å². The molecular formula is C24H26O4. The molecule has 146 valence electrons. The standard InChI is InChI=1S/C24H26O4/c1-27-19-7-9-21-17(15-19)5-3-11-23(21,25)13-14-24(26)12-4-6-18-16-20(28-2)8-10-22(18)24/h7-10,15-16,25-26H,3-6,11-12H2,1-2H3/t23-,24-/m1/s1. The summed E-state index contributed by atoms with van der Waals surface area (Å²) in [7, 11) is 3.28. The Hall–Kier alpha value is -2.48. The van der Waals surface area contributed by atoms with Crippen molar-refractivity contribution in [1.82, 2.24) is 0 Å². The summed E-state index contributed by atoms with van der Waals surface area (Å²) in [5.41, 5.74) is 1.26. The van der Waals surface area contributed by atoms with Crippen LogP contribution in [0.1, 0.15) is 47.9 Å². The van der Waals surface area contributed by atoms with E-state index in [1.165, 1.54) is 0 Å². The molecule has 0 bridgehead atoms. The Kier molecular flexibility index (Phi) is 4.82. The van der Waals surface area contributed by atoms with Crippen LogP contribution in [0.25, 0.3) is 0 Å². The highest BCUT2D eigenvalue weighted by Crippen LogP contribution is 2.39. The third-order valence-corrected chi connectivity index (χ3v) is 5.96. The molecule has 0 fully saturated rings. The van der Waals surface area contributed by atoms with E-state index >= 15 is 0 Å². The number of hydrogen-bond acceptors (Lipinski definition) is 4. The lowest BCUT2D eigenvalue weighted by Gasteiger charge is -2.33. The van der Waals surface area contributed by atoms with Crippen molar-refractivity contribution in [2.24, 2.45) is 0 Å². The fraction of sp³-hybridized carbons (Fsp3) is 0.417. The number of fused-ring (bicyclic) bond motifs is 2. The molecule has 0 unspecified atom stereocenters. The van der Waals surface area contributed by atoms with Crippen molar-refractivity contribution in [1.29, 1.82) is 0 Å². The van der Waals surface area contributed by atoms with Crippen molar-refractivity contribution in [3.8, 4) is 23.3 Å². The first-order valence-electron chi connectivity index (χ1n) is 9.81. The van der Waals surface area contributed by atoms with Crippen molar-refractivity contribution in [3.05, 3.63) is 58.7 Å². The number of hydrogen-bond donors (Lipinski definition) is 2. The molecule has 0 radical (unpaired) electrons. The second kappa shape index (κ2) is 7.16. The van der Waals surface area contributed by atoms with Crippen LogP contribution in [-0.2, 0) is 24.0 Å². The predicted octanol–water partition coefficient (Wildman–Crippen LogP) is 3.46. The van der Waals surface area contributed by atoms with Gasteiger partial charge < -0.3 is 19.7 Å². The summed E-state index contributed by atoms with van der Waals surface area (Å²) in [6.45, 7) is 0. The first-order chi connectivity index (χ1) is 13.5. The maximum absolute atomic E-state index is 11.3. The highest BCUT2D eigenvalue weighted by molar-refractivity contribution is 5.48. The lowest BCUT2D eigenvalue weighted by molar-refractivity contribution is 0.0683. The summed E-state index contributed by atoms with van der Waals surface area (Å²) in [5.74, 6) is 7.67. The molecule has 0 aromatic heterocycles. The van der Waals surface area contributed by atoms with Gasteiger partial charge in [0, 0.05) is 0 Å². The Labute approximate surface area is 166 Å². The Morgan fingerprint density at radius 1 is 0.750 bits per heavy atom. The van der Waals surface area contributed by atoms with Gasteiger partial charge in [0.15, 0.2) is 11.2 Å².